The Morgan fingerprint density at radius 3 is 1.83 bits per heavy atom. The number of nitrogens with two attached hydrogens (primary N) is 1. The molecule has 0 bridgehead atoms. The van der Waals surface area contributed by atoms with E-state index in [1.807, 2.05) is 20.8 Å². The Kier molecular flexibility index (Phi) is 13.6. The summed E-state index contributed by atoms with van der Waals surface area (Å²) in [6.45, 7) is 4.46. The molecular weight excluding hydrogens is 732 g/mol. The molecule has 0 spiro atoms. The minimum Gasteiger partial charge on any atom is -0.452 e. The lowest BCUT2D eigenvalue weighted by Crippen LogP contribution is -2.53. The highest BCUT2D eigenvalue weighted by molar-refractivity contribution is 7.89. The first kappa shape index (κ1) is 41.6. The second kappa shape index (κ2) is 17.3. The van der Waals surface area contributed by atoms with Crippen LogP contribution in [0.2, 0.25) is 0 Å². The van der Waals surface area contributed by atoms with Crippen molar-refractivity contribution in [3.63, 3.8) is 0 Å². The molecule has 4 aromatic rings. The molecule has 286 valence electrons. The highest BCUT2D eigenvalue weighted by Gasteiger charge is 2.52. The molecule has 10 nitrogen and oxygen atoms in total. The number of hydrogen-bond donors (Lipinski definition) is 3. The number of aliphatic hydroxyl groups is 2. The number of carbonyl (C=O) groups excluding carboxylic acids is 2. The van der Waals surface area contributed by atoms with Crippen molar-refractivity contribution >= 4 is 33.4 Å². The monoisotopic (exact) mass is 775 g/mol. The molecule has 0 aliphatic rings. The summed E-state index contributed by atoms with van der Waals surface area (Å²) < 4.78 is 79.5. The molecule has 0 aliphatic heterocycles. The predicted molar refractivity (Wildman–Crippen MR) is 195 cm³/mol. The first-order valence-corrected chi connectivity index (χ1v) is 19.0. The maximum absolute atomic E-state index is 15.2. The van der Waals surface area contributed by atoms with Crippen LogP contribution in [0.1, 0.15) is 71.6 Å². The Morgan fingerprint density at radius 2 is 1.38 bits per heavy atom. The van der Waals surface area contributed by atoms with Crippen LogP contribution in [0.4, 0.5) is 18.0 Å². The lowest BCUT2D eigenvalue weighted by Gasteiger charge is -2.34. The van der Waals surface area contributed by atoms with Gasteiger partial charge in [-0.25, -0.2) is 18.1 Å². The highest BCUT2D eigenvalue weighted by atomic mass is 32.2. The summed E-state index contributed by atoms with van der Waals surface area (Å²) in [5, 5.41) is 20.1. The molecule has 53 heavy (non-hydrogen) atoms. The SMILES string of the molecule is COC(=O)N(C(=O)[C@@H](N)C(c1ccccc1)c1ccccc1)[C@H](c1ccc([C@@H](CO)N(CCC(C)(C)C)S(=O)(=O)c2ccc(CO)cc2)s1)C(F)(F)F. The number of amides is 2. The lowest BCUT2D eigenvalue weighted by atomic mass is 9.84. The van der Waals surface area contributed by atoms with Gasteiger partial charge in [0, 0.05) is 22.2 Å². The summed E-state index contributed by atoms with van der Waals surface area (Å²) in [6, 6.07) is 18.8. The third kappa shape index (κ3) is 9.90. The number of nitrogens with zero attached hydrogens (tertiary/aromatic N) is 2. The molecule has 2 amide bonds. The minimum atomic E-state index is -5.23. The molecule has 1 aromatic heterocycles. The van der Waals surface area contributed by atoms with Crippen LogP contribution in [0, 0.1) is 5.41 Å². The Balaban J connectivity index is 1.80. The van der Waals surface area contributed by atoms with Crippen molar-refractivity contribution < 1.29 is 46.1 Å². The van der Waals surface area contributed by atoms with Gasteiger partial charge in [0.05, 0.1) is 37.3 Å². The number of hydrogen-bond acceptors (Lipinski definition) is 9. The van der Waals surface area contributed by atoms with Crippen LogP contribution >= 0.6 is 11.3 Å². The van der Waals surface area contributed by atoms with Gasteiger partial charge in [0.25, 0.3) is 5.91 Å². The molecule has 4 rings (SSSR count). The average Bonchev–Trinajstić information content (AvgIpc) is 3.60. The van der Waals surface area contributed by atoms with Crippen LogP contribution in [-0.4, -0.2) is 72.3 Å². The van der Waals surface area contributed by atoms with E-state index in [2.05, 4.69) is 0 Å². The number of benzene rings is 3. The number of imide groups is 1. The van der Waals surface area contributed by atoms with Crippen molar-refractivity contribution in [3.05, 3.63) is 124 Å². The van der Waals surface area contributed by atoms with Crippen LogP contribution in [0.15, 0.2) is 102 Å². The van der Waals surface area contributed by atoms with E-state index < -0.39 is 63.7 Å². The lowest BCUT2D eigenvalue weighted by molar-refractivity contribution is -0.186. The van der Waals surface area contributed by atoms with Gasteiger partial charge in [-0.15, -0.1) is 11.3 Å². The van der Waals surface area contributed by atoms with Crippen molar-refractivity contribution in [3.8, 4) is 0 Å². The van der Waals surface area contributed by atoms with Gasteiger partial charge in [0.15, 0.2) is 6.04 Å². The van der Waals surface area contributed by atoms with Gasteiger partial charge in [-0.3, -0.25) is 4.79 Å². The number of thiophene rings is 1. The standard InChI is InChI=1S/C38H44F3N3O7S2/c1-37(2,3)21-22-43(53(49,50)28-17-15-25(23-45)16-18-28)29(24-46)30-19-20-31(52-30)34(38(39,40)41)44(36(48)51-4)35(47)33(42)32(26-11-7-5-8-12-26)27-13-9-6-10-14-27/h5-20,29,32-34,45-46H,21-24,42H2,1-4H3/t29-,33+,34-/m1/s1. The van der Waals surface area contributed by atoms with Crippen molar-refractivity contribution in [2.24, 2.45) is 11.1 Å². The molecule has 0 unspecified atom stereocenters. The van der Waals surface area contributed by atoms with Crippen LogP contribution < -0.4 is 5.73 Å². The third-order valence-corrected chi connectivity index (χ3v) is 11.9. The summed E-state index contributed by atoms with van der Waals surface area (Å²) in [5.74, 6) is -2.30. The summed E-state index contributed by atoms with van der Waals surface area (Å²) in [5.41, 5.74) is 7.65. The number of carbonyl (C=O) groups is 2. The molecular formula is C38H44F3N3O7S2. The fraction of sp³-hybridized carbons (Fsp3) is 0.368. The Bertz CT molecular complexity index is 1880. The Labute approximate surface area is 311 Å². The fourth-order valence-electron chi connectivity index (χ4n) is 5.90. The average molecular weight is 776 g/mol. The first-order valence-electron chi connectivity index (χ1n) is 16.7. The number of halogens is 3. The van der Waals surface area contributed by atoms with Gasteiger partial charge in [-0.05, 0) is 52.8 Å². The summed E-state index contributed by atoms with van der Waals surface area (Å²) in [6.07, 6.45) is -6.50. The van der Waals surface area contributed by atoms with E-state index in [1.165, 1.54) is 30.3 Å². The predicted octanol–water partition coefficient (Wildman–Crippen LogP) is 6.76. The number of methoxy groups -OCH3 is 1. The van der Waals surface area contributed by atoms with Crippen molar-refractivity contribution in [1.29, 1.82) is 0 Å². The topological polar surface area (TPSA) is 150 Å². The van der Waals surface area contributed by atoms with Crippen molar-refractivity contribution in [2.45, 2.75) is 68.9 Å². The first-order chi connectivity index (χ1) is 24.9. The molecule has 0 aliphatic carbocycles. The zero-order chi connectivity index (χ0) is 39.1. The van der Waals surface area contributed by atoms with E-state index >= 15 is 13.2 Å². The molecule has 0 saturated heterocycles. The maximum Gasteiger partial charge on any atom is 0.417 e. The third-order valence-electron chi connectivity index (χ3n) is 8.70. The van der Waals surface area contributed by atoms with Crippen molar-refractivity contribution in [2.75, 3.05) is 20.3 Å². The second-order valence-corrected chi connectivity index (χ2v) is 16.7. The highest BCUT2D eigenvalue weighted by Crippen LogP contribution is 2.44. The number of sulfonamides is 1. The van der Waals surface area contributed by atoms with E-state index in [9.17, 15) is 28.2 Å². The molecule has 1 heterocycles. The second-order valence-electron chi connectivity index (χ2n) is 13.6. The molecule has 4 N–H and O–H groups in total. The molecule has 15 heteroatoms. The van der Waals surface area contributed by atoms with Gasteiger partial charge in [-0.1, -0.05) is 93.6 Å². The molecule has 0 radical (unpaired) electrons. The number of aliphatic hydroxyl groups excluding tert-OH is 2. The normalized spacial score (nSPS) is 14.2. The smallest absolute Gasteiger partial charge is 0.417 e. The van der Waals surface area contributed by atoms with E-state index in [0.717, 1.165) is 17.5 Å². The van der Waals surface area contributed by atoms with Gasteiger partial charge >= 0.3 is 12.3 Å². The minimum absolute atomic E-state index is 0.0363. The number of alkyl halides is 3. The van der Waals surface area contributed by atoms with Crippen LogP contribution in [0.3, 0.4) is 0 Å². The van der Waals surface area contributed by atoms with E-state index in [1.54, 1.807) is 60.7 Å². The summed E-state index contributed by atoms with van der Waals surface area (Å²) in [7, 11) is -3.50. The van der Waals surface area contributed by atoms with E-state index in [-0.39, 0.29) is 33.2 Å². The van der Waals surface area contributed by atoms with Crippen LogP contribution in [0.25, 0.3) is 0 Å². The molecule has 0 fully saturated rings. The van der Waals surface area contributed by atoms with Gasteiger partial charge < -0.3 is 20.7 Å². The largest absolute Gasteiger partial charge is 0.452 e. The Morgan fingerprint density at radius 1 is 0.849 bits per heavy atom. The zero-order valence-corrected chi connectivity index (χ0v) is 31.4. The summed E-state index contributed by atoms with van der Waals surface area (Å²) in [4.78, 5) is 26.7. The molecule has 0 saturated carbocycles. The molecule has 3 aromatic carbocycles. The summed E-state index contributed by atoms with van der Waals surface area (Å²) >= 11 is 0.504. The zero-order valence-electron chi connectivity index (χ0n) is 29.7. The molecule has 3 atom stereocenters. The van der Waals surface area contributed by atoms with Crippen LogP contribution in [0.5, 0.6) is 0 Å². The van der Waals surface area contributed by atoms with Gasteiger partial charge in [0.2, 0.25) is 10.0 Å². The van der Waals surface area contributed by atoms with Crippen LogP contribution in [-0.2, 0) is 26.2 Å². The maximum atomic E-state index is 15.2. The Hall–Kier alpha value is -4.12. The van der Waals surface area contributed by atoms with Gasteiger partial charge in [-0.2, -0.15) is 17.5 Å². The van der Waals surface area contributed by atoms with Crippen molar-refractivity contribution in [1.82, 2.24) is 9.21 Å². The number of ether oxygens (including phenoxy) is 1. The fourth-order valence-corrected chi connectivity index (χ4v) is 8.79. The quantitative estimate of drug-likeness (QED) is 0.127. The van der Waals surface area contributed by atoms with Gasteiger partial charge in [0.1, 0.15) is 0 Å². The van der Waals surface area contributed by atoms with E-state index in [4.69, 9.17) is 10.5 Å². The van der Waals surface area contributed by atoms with E-state index in [0.29, 0.717) is 34.4 Å². The number of rotatable bonds is 14.